The first-order chi connectivity index (χ1) is 14.5. The molecule has 3 heterocycles. The molecule has 3 atom stereocenters. The van der Waals surface area contributed by atoms with Crippen LogP contribution in [0.1, 0.15) is 18.7 Å². The van der Waals surface area contributed by atoms with E-state index in [1.807, 2.05) is 0 Å². The summed E-state index contributed by atoms with van der Waals surface area (Å²) in [6.07, 6.45) is 1.25. The molecule has 0 bridgehead atoms. The van der Waals surface area contributed by atoms with Crippen molar-refractivity contribution >= 4 is 11.8 Å². The number of ether oxygens (including phenoxy) is 1. The molecule has 0 radical (unpaired) electrons. The van der Waals surface area contributed by atoms with E-state index >= 15 is 0 Å². The fourth-order valence-electron chi connectivity index (χ4n) is 4.05. The Morgan fingerprint density at radius 1 is 1.40 bits per heavy atom. The lowest BCUT2D eigenvalue weighted by atomic mass is 10.1. The van der Waals surface area contributed by atoms with Crippen LogP contribution in [0.3, 0.4) is 0 Å². The predicted molar refractivity (Wildman–Crippen MR) is 104 cm³/mol. The van der Waals surface area contributed by atoms with E-state index in [-0.39, 0.29) is 47.8 Å². The molecule has 1 aromatic heterocycles. The Morgan fingerprint density at radius 3 is 3.03 bits per heavy atom. The summed E-state index contributed by atoms with van der Waals surface area (Å²) >= 11 is 0. The van der Waals surface area contributed by atoms with Gasteiger partial charge in [-0.3, -0.25) is 14.5 Å². The number of rotatable bonds is 7. The molecule has 2 amide bonds. The van der Waals surface area contributed by atoms with Crippen LogP contribution < -0.4 is 10.6 Å². The maximum Gasteiger partial charge on any atom is 0.250 e. The van der Waals surface area contributed by atoms with Crippen molar-refractivity contribution in [2.24, 2.45) is 0 Å². The van der Waals surface area contributed by atoms with Crippen molar-refractivity contribution < 1.29 is 23.1 Å². The molecule has 30 heavy (non-hydrogen) atoms. The normalized spacial score (nSPS) is 23.8. The molecule has 2 aliphatic rings. The largest absolute Gasteiger partial charge is 0.421 e. The number of carbonyl (C=O) groups excluding carboxylic acids is 2. The Kier molecular flexibility index (Phi) is 6.05. The number of hydrogen-bond donors (Lipinski definition) is 2. The maximum atomic E-state index is 14.0. The number of aromatic nitrogens is 2. The molecule has 0 spiro atoms. The molecule has 2 aliphatic heterocycles. The Hall–Kier alpha value is -2.85. The molecule has 2 fully saturated rings. The molecule has 0 saturated carbocycles. The van der Waals surface area contributed by atoms with E-state index in [4.69, 9.17) is 9.15 Å². The van der Waals surface area contributed by atoms with Crippen LogP contribution in [0.5, 0.6) is 0 Å². The molecule has 4 rings (SSSR count). The van der Waals surface area contributed by atoms with Crippen molar-refractivity contribution in [2.45, 2.75) is 37.4 Å². The molecular formula is C20H24FN5O4. The number of carbonyl (C=O) groups is 2. The van der Waals surface area contributed by atoms with Gasteiger partial charge in [0.15, 0.2) is 0 Å². The summed E-state index contributed by atoms with van der Waals surface area (Å²) in [5.41, 5.74) is 0.256. The fourth-order valence-corrected chi connectivity index (χ4v) is 4.05. The standard InChI is InChI=1S/C20H24FN5O4/c1-29-7-6-17(27)23-12-8-16-19(28)22-10-13(26(16)11-12)9-18-24-25-20(30-18)14-4-2-3-5-15(14)21/h2-5,12-13,16H,6-11H2,1H3,(H,22,28)(H,23,27)/t12-,13+,16-/m0/s1. The summed E-state index contributed by atoms with van der Waals surface area (Å²) in [4.78, 5) is 26.4. The first-order valence-corrected chi connectivity index (χ1v) is 9.94. The molecule has 2 saturated heterocycles. The zero-order chi connectivity index (χ0) is 21.1. The van der Waals surface area contributed by atoms with E-state index < -0.39 is 5.82 Å². The molecular weight excluding hydrogens is 393 g/mol. The SMILES string of the molecule is COCCC(=O)N[C@H]1C[C@H]2C(=O)NC[C@@H](Cc3nnc(-c4ccccc4F)o3)N2C1. The highest BCUT2D eigenvalue weighted by Crippen LogP contribution is 2.27. The van der Waals surface area contributed by atoms with Crippen molar-refractivity contribution in [3.8, 4) is 11.5 Å². The highest BCUT2D eigenvalue weighted by molar-refractivity contribution is 5.83. The molecule has 9 nitrogen and oxygen atoms in total. The molecule has 1 aromatic carbocycles. The number of nitrogens with one attached hydrogen (secondary N) is 2. The number of halogens is 1. The van der Waals surface area contributed by atoms with Gasteiger partial charge in [-0.05, 0) is 18.6 Å². The highest BCUT2D eigenvalue weighted by Gasteiger charge is 2.44. The highest BCUT2D eigenvalue weighted by atomic mass is 19.1. The van der Waals surface area contributed by atoms with E-state index in [2.05, 4.69) is 25.7 Å². The summed E-state index contributed by atoms with van der Waals surface area (Å²) in [6.45, 7) is 1.36. The third-order valence-corrected chi connectivity index (χ3v) is 5.50. The van der Waals surface area contributed by atoms with Crippen LogP contribution in [0.15, 0.2) is 28.7 Å². The monoisotopic (exact) mass is 417 g/mol. The number of benzene rings is 1. The van der Waals surface area contributed by atoms with Gasteiger partial charge in [0.25, 0.3) is 5.89 Å². The number of nitrogens with zero attached hydrogens (tertiary/aromatic N) is 3. The van der Waals surface area contributed by atoms with Crippen LogP contribution in [-0.4, -0.2) is 71.8 Å². The van der Waals surface area contributed by atoms with Gasteiger partial charge in [-0.25, -0.2) is 4.39 Å². The first-order valence-electron chi connectivity index (χ1n) is 9.94. The van der Waals surface area contributed by atoms with Crippen molar-refractivity contribution in [3.63, 3.8) is 0 Å². The Balaban J connectivity index is 1.42. The minimum Gasteiger partial charge on any atom is -0.421 e. The minimum atomic E-state index is -0.427. The summed E-state index contributed by atoms with van der Waals surface area (Å²) in [5, 5.41) is 13.9. The maximum absolute atomic E-state index is 14.0. The molecule has 0 unspecified atom stereocenters. The Bertz CT molecular complexity index is 920. The summed E-state index contributed by atoms with van der Waals surface area (Å²) < 4.78 is 24.6. The molecule has 0 aliphatic carbocycles. The number of hydrogen-bond acceptors (Lipinski definition) is 7. The number of fused-ring (bicyclic) bond motifs is 1. The van der Waals surface area contributed by atoms with Crippen molar-refractivity contribution in [1.82, 2.24) is 25.7 Å². The van der Waals surface area contributed by atoms with Crippen molar-refractivity contribution in [3.05, 3.63) is 36.0 Å². The van der Waals surface area contributed by atoms with Crippen LogP contribution in [-0.2, 0) is 20.7 Å². The van der Waals surface area contributed by atoms with E-state index in [1.165, 1.54) is 6.07 Å². The second kappa shape index (κ2) is 8.88. The van der Waals surface area contributed by atoms with Gasteiger partial charge in [0.05, 0.1) is 18.2 Å². The molecule has 2 N–H and O–H groups in total. The van der Waals surface area contributed by atoms with Crippen LogP contribution in [0.2, 0.25) is 0 Å². The summed E-state index contributed by atoms with van der Waals surface area (Å²) in [6, 6.07) is 5.75. The van der Waals surface area contributed by atoms with Gasteiger partial charge in [0, 0.05) is 45.1 Å². The first kappa shape index (κ1) is 20.4. The van der Waals surface area contributed by atoms with Gasteiger partial charge in [0.1, 0.15) is 5.82 Å². The third kappa shape index (κ3) is 4.34. The van der Waals surface area contributed by atoms with Crippen LogP contribution in [0.25, 0.3) is 11.5 Å². The van der Waals surface area contributed by atoms with E-state index in [1.54, 1.807) is 25.3 Å². The van der Waals surface area contributed by atoms with Gasteiger partial charge in [-0.2, -0.15) is 0 Å². The topological polar surface area (TPSA) is 110 Å². The Labute approximate surface area is 173 Å². The smallest absolute Gasteiger partial charge is 0.250 e. The quantitative estimate of drug-likeness (QED) is 0.676. The van der Waals surface area contributed by atoms with E-state index in [9.17, 15) is 14.0 Å². The van der Waals surface area contributed by atoms with Gasteiger partial charge < -0.3 is 19.8 Å². The Morgan fingerprint density at radius 2 is 2.23 bits per heavy atom. The van der Waals surface area contributed by atoms with Crippen molar-refractivity contribution in [2.75, 3.05) is 26.8 Å². The number of amides is 2. The van der Waals surface area contributed by atoms with E-state index in [0.717, 1.165) is 0 Å². The zero-order valence-electron chi connectivity index (χ0n) is 16.6. The molecule has 160 valence electrons. The second-order valence-corrected chi connectivity index (χ2v) is 7.54. The number of piperazine rings is 1. The third-order valence-electron chi connectivity index (χ3n) is 5.50. The van der Waals surface area contributed by atoms with Gasteiger partial charge in [0.2, 0.25) is 17.7 Å². The minimum absolute atomic E-state index is 0.0440. The van der Waals surface area contributed by atoms with E-state index in [0.29, 0.717) is 38.4 Å². The second-order valence-electron chi connectivity index (χ2n) is 7.54. The molecule has 10 heteroatoms. The summed E-state index contributed by atoms with van der Waals surface area (Å²) in [7, 11) is 1.55. The lowest BCUT2D eigenvalue weighted by Gasteiger charge is -2.36. The number of methoxy groups -OCH3 is 1. The fraction of sp³-hybridized carbons (Fsp3) is 0.500. The average molecular weight is 417 g/mol. The van der Waals surface area contributed by atoms with Gasteiger partial charge >= 0.3 is 0 Å². The van der Waals surface area contributed by atoms with Gasteiger partial charge in [-0.15, -0.1) is 10.2 Å². The van der Waals surface area contributed by atoms with Crippen LogP contribution in [0, 0.1) is 5.82 Å². The van der Waals surface area contributed by atoms with Crippen molar-refractivity contribution in [1.29, 1.82) is 0 Å². The van der Waals surface area contributed by atoms with Gasteiger partial charge in [-0.1, -0.05) is 12.1 Å². The zero-order valence-corrected chi connectivity index (χ0v) is 16.6. The lowest BCUT2D eigenvalue weighted by Crippen LogP contribution is -2.58. The average Bonchev–Trinajstić information content (AvgIpc) is 3.36. The van der Waals surface area contributed by atoms with Crippen LogP contribution in [0.4, 0.5) is 4.39 Å². The molecule has 2 aromatic rings. The predicted octanol–water partition coefficient (Wildman–Crippen LogP) is 0.512. The summed E-state index contributed by atoms with van der Waals surface area (Å²) in [5.74, 6) is -0.0585. The van der Waals surface area contributed by atoms with Crippen LogP contribution >= 0.6 is 0 Å². The lowest BCUT2D eigenvalue weighted by molar-refractivity contribution is -0.129.